The lowest BCUT2D eigenvalue weighted by Gasteiger charge is -2.12. The van der Waals surface area contributed by atoms with Crippen LogP contribution in [0, 0.1) is 13.8 Å². The number of aryl methyl sites for hydroxylation is 2. The van der Waals surface area contributed by atoms with Gasteiger partial charge in [-0.3, -0.25) is 4.79 Å². The van der Waals surface area contributed by atoms with E-state index in [2.05, 4.69) is 5.32 Å². The minimum atomic E-state index is -0.276. The van der Waals surface area contributed by atoms with Crippen molar-refractivity contribution >= 4 is 40.5 Å². The van der Waals surface area contributed by atoms with E-state index in [-0.39, 0.29) is 5.91 Å². The summed E-state index contributed by atoms with van der Waals surface area (Å²) >= 11 is 12.0. The number of halogens is 2. The molecule has 2 aromatic rings. The highest BCUT2D eigenvalue weighted by Crippen LogP contribution is 2.28. The van der Waals surface area contributed by atoms with Crippen molar-refractivity contribution in [2.45, 2.75) is 13.8 Å². The van der Waals surface area contributed by atoms with Crippen LogP contribution in [0.1, 0.15) is 21.5 Å². The SMILES string of the molecule is Cc1cc(C)c(NC(=O)c2ccc(Cl)c(N)c2)c(Cl)c1. The van der Waals surface area contributed by atoms with Gasteiger partial charge in [0.15, 0.2) is 0 Å². The second kappa shape index (κ2) is 5.73. The van der Waals surface area contributed by atoms with Gasteiger partial charge >= 0.3 is 0 Å². The number of amides is 1. The van der Waals surface area contributed by atoms with E-state index in [1.807, 2.05) is 19.9 Å². The summed E-state index contributed by atoms with van der Waals surface area (Å²) in [4.78, 5) is 12.2. The van der Waals surface area contributed by atoms with Crippen LogP contribution in [0.2, 0.25) is 10.0 Å². The van der Waals surface area contributed by atoms with Gasteiger partial charge in [0.2, 0.25) is 0 Å². The van der Waals surface area contributed by atoms with Gasteiger partial charge in [-0.05, 0) is 49.2 Å². The Morgan fingerprint density at radius 2 is 1.80 bits per heavy atom. The number of carbonyl (C=O) groups is 1. The Bertz CT molecular complexity index is 661. The Balaban J connectivity index is 2.30. The fourth-order valence-corrected chi connectivity index (χ4v) is 2.43. The standard InChI is InChI=1S/C15H14Cl2N2O/c1-8-5-9(2)14(12(17)6-8)19-15(20)10-3-4-11(16)13(18)7-10/h3-7H,18H2,1-2H3,(H,19,20). The predicted octanol–water partition coefficient (Wildman–Crippen LogP) is 4.44. The summed E-state index contributed by atoms with van der Waals surface area (Å²) in [6.45, 7) is 3.84. The number of hydrogen-bond donors (Lipinski definition) is 2. The van der Waals surface area contributed by atoms with Crippen LogP contribution < -0.4 is 11.1 Å². The van der Waals surface area contributed by atoms with Gasteiger partial charge in [-0.15, -0.1) is 0 Å². The second-order valence-electron chi connectivity index (χ2n) is 4.63. The third-order valence-electron chi connectivity index (χ3n) is 2.93. The largest absolute Gasteiger partial charge is 0.398 e. The predicted molar refractivity (Wildman–Crippen MR) is 84.7 cm³/mol. The summed E-state index contributed by atoms with van der Waals surface area (Å²) in [5.74, 6) is -0.276. The molecule has 0 aliphatic heterocycles. The normalized spacial score (nSPS) is 10.4. The molecule has 0 aromatic heterocycles. The molecular weight excluding hydrogens is 295 g/mol. The number of benzene rings is 2. The van der Waals surface area contributed by atoms with Gasteiger partial charge in [-0.1, -0.05) is 29.3 Å². The average molecular weight is 309 g/mol. The van der Waals surface area contributed by atoms with Gasteiger partial charge < -0.3 is 11.1 Å². The maximum atomic E-state index is 12.2. The number of anilines is 2. The quantitative estimate of drug-likeness (QED) is 0.806. The number of carbonyl (C=O) groups excluding carboxylic acids is 1. The molecule has 0 bridgehead atoms. The lowest BCUT2D eigenvalue weighted by Crippen LogP contribution is -2.13. The van der Waals surface area contributed by atoms with Crippen LogP contribution in [0.3, 0.4) is 0 Å². The van der Waals surface area contributed by atoms with E-state index in [4.69, 9.17) is 28.9 Å². The van der Waals surface area contributed by atoms with Crippen molar-refractivity contribution in [2.24, 2.45) is 0 Å². The molecule has 0 saturated heterocycles. The van der Waals surface area contributed by atoms with Gasteiger partial charge in [-0.2, -0.15) is 0 Å². The van der Waals surface area contributed by atoms with Crippen LogP contribution in [-0.4, -0.2) is 5.91 Å². The van der Waals surface area contributed by atoms with Gasteiger partial charge in [0.25, 0.3) is 5.91 Å². The van der Waals surface area contributed by atoms with Crippen LogP contribution >= 0.6 is 23.2 Å². The molecule has 0 atom stereocenters. The molecule has 0 radical (unpaired) electrons. The first-order valence-corrected chi connectivity index (χ1v) is 6.77. The van der Waals surface area contributed by atoms with E-state index in [1.54, 1.807) is 18.2 Å². The first-order valence-electron chi connectivity index (χ1n) is 6.01. The fraction of sp³-hybridized carbons (Fsp3) is 0.133. The van der Waals surface area contributed by atoms with Crippen molar-refractivity contribution in [2.75, 3.05) is 11.1 Å². The van der Waals surface area contributed by atoms with Crippen molar-refractivity contribution < 1.29 is 4.79 Å². The van der Waals surface area contributed by atoms with E-state index in [9.17, 15) is 4.79 Å². The van der Waals surface area contributed by atoms with E-state index in [0.29, 0.717) is 27.0 Å². The fourth-order valence-electron chi connectivity index (χ4n) is 1.94. The first-order chi connectivity index (χ1) is 9.38. The Kier molecular flexibility index (Phi) is 4.21. The molecule has 5 heteroatoms. The number of nitrogen functional groups attached to an aromatic ring is 1. The lowest BCUT2D eigenvalue weighted by molar-refractivity contribution is 0.102. The molecule has 0 aliphatic carbocycles. The average Bonchev–Trinajstić information content (AvgIpc) is 2.36. The summed E-state index contributed by atoms with van der Waals surface area (Å²) < 4.78 is 0. The molecule has 0 unspecified atom stereocenters. The Hall–Kier alpha value is -1.71. The molecule has 3 N–H and O–H groups in total. The molecule has 2 aromatic carbocycles. The molecule has 2 rings (SSSR count). The smallest absolute Gasteiger partial charge is 0.255 e. The van der Waals surface area contributed by atoms with Gasteiger partial charge in [0, 0.05) is 5.56 Å². The Labute approximate surface area is 127 Å². The summed E-state index contributed by atoms with van der Waals surface area (Å²) in [7, 11) is 0. The zero-order chi connectivity index (χ0) is 14.9. The van der Waals surface area contributed by atoms with E-state index >= 15 is 0 Å². The van der Waals surface area contributed by atoms with E-state index in [1.165, 1.54) is 6.07 Å². The molecule has 1 amide bonds. The van der Waals surface area contributed by atoms with Crippen molar-refractivity contribution in [3.8, 4) is 0 Å². The van der Waals surface area contributed by atoms with E-state index < -0.39 is 0 Å². The molecular formula is C15H14Cl2N2O. The summed E-state index contributed by atoms with van der Waals surface area (Å²) in [5.41, 5.74) is 9.05. The maximum absolute atomic E-state index is 12.2. The molecule has 104 valence electrons. The topological polar surface area (TPSA) is 55.1 Å². The monoisotopic (exact) mass is 308 g/mol. The third-order valence-corrected chi connectivity index (χ3v) is 3.57. The molecule has 3 nitrogen and oxygen atoms in total. The number of nitrogens with one attached hydrogen (secondary N) is 1. The molecule has 0 fully saturated rings. The number of rotatable bonds is 2. The molecule has 0 heterocycles. The minimum absolute atomic E-state index is 0.276. The first kappa shape index (κ1) is 14.7. The van der Waals surface area contributed by atoms with E-state index in [0.717, 1.165) is 11.1 Å². The molecule has 0 spiro atoms. The summed E-state index contributed by atoms with van der Waals surface area (Å²) in [5, 5.41) is 3.73. The van der Waals surface area contributed by atoms with Crippen LogP contribution in [0.5, 0.6) is 0 Å². The van der Waals surface area contributed by atoms with Crippen molar-refractivity contribution in [3.05, 3.63) is 57.1 Å². The second-order valence-corrected chi connectivity index (χ2v) is 5.44. The third kappa shape index (κ3) is 3.06. The maximum Gasteiger partial charge on any atom is 0.255 e. The van der Waals surface area contributed by atoms with Crippen molar-refractivity contribution in [1.29, 1.82) is 0 Å². The minimum Gasteiger partial charge on any atom is -0.398 e. The Morgan fingerprint density at radius 1 is 1.10 bits per heavy atom. The Morgan fingerprint density at radius 3 is 2.40 bits per heavy atom. The van der Waals surface area contributed by atoms with Gasteiger partial charge in [-0.25, -0.2) is 0 Å². The summed E-state index contributed by atoms with van der Waals surface area (Å²) in [6, 6.07) is 8.51. The number of hydrogen-bond acceptors (Lipinski definition) is 2. The van der Waals surface area contributed by atoms with Gasteiger partial charge in [0.1, 0.15) is 0 Å². The van der Waals surface area contributed by atoms with Gasteiger partial charge in [0.05, 0.1) is 21.4 Å². The molecule has 0 saturated carbocycles. The zero-order valence-electron chi connectivity index (χ0n) is 11.1. The number of nitrogens with two attached hydrogens (primary N) is 1. The van der Waals surface area contributed by atoms with Crippen LogP contribution in [0.25, 0.3) is 0 Å². The zero-order valence-corrected chi connectivity index (χ0v) is 12.6. The molecule has 0 aliphatic rings. The van der Waals surface area contributed by atoms with Crippen molar-refractivity contribution in [3.63, 3.8) is 0 Å². The molecule has 20 heavy (non-hydrogen) atoms. The highest BCUT2D eigenvalue weighted by molar-refractivity contribution is 6.34. The van der Waals surface area contributed by atoms with Crippen LogP contribution in [0.15, 0.2) is 30.3 Å². The lowest BCUT2D eigenvalue weighted by atomic mass is 10.1. The highest BCUT2D eigenvalue weighted by atomic mass is 35.5. The summed E-state index contributed by atoms with van der Waals surface area (Å²) in [6.07, 6.45) is 0. The highest BCUT2D eigenvalue weighted by Gasteiger charge is 2.12. The van der Waals surface area contributed by atoms with Crippen molar-refractivity contribution in [1.82, 2.24) is 0 Å². The van der Waals surface area contributed by atoms with Crippen LogP contribution in [0.4, 0.5) is 11.4 Å². The van der Waals surface area contributed by atoms with Crippen LogP contribution in [-0.2, 0) is 0 Å².